The van der Waals surface area contributed by atoms with E-state index in [0.717, 1.165) is 12.8 Å². The highest BCUT2D eigenvalue weighted by Gasteiger charge is 2.27. The molecule has 0 radical (unpaired) electrons. The molecule has 1 heterocycles. The molecule has 2 rings (SSSR count). The first-order valence-corrected chi connectivity index (χ1v) is 7.09. The average Bonchev–Trinajstić information content (AvgIpc) is 2.95. The number of halogens is 1. The molecule has 0 bridgehead atoms. The Bertz CT molecular complexity index is 388. The maximum absolute atomic E-state index is 12.3. The molecule has 1 aromatic rings. The second kappa shape index (κ2) is 5.85. The Hall–Kier alpha value is -0.580. The number of nitrogens with zero attached hydrogens (tertiary/aromatic N) is 1. The number of hydrogen-bond donors (Lipinski definition) is 1. The van der Waals surface area contributed by atoms with Crippen molar-refractivity contribution in [3.63, 3.8) is 0 Å². The summed E-state index contributed by atoms with van der Waals surface area (Å²) in [5, 5.41) is 9.08. The summed E-state index contributed by atoms with van der Waals surface area (Å²) in [6, 6.07) is 3.79. The Morgan fingerprint density at radius 1 is 1.47 bits per heavy atom. The van der Waals surface area contributed by atoms with Crippen LogP contribution in [-0.2, 0) is 0 Å². The second-order valence-corrected chi connectivity index (χ2v) is 5.98. The molecule has 0 aromatic carbocycles. The van der Waals surface area contributed by atoms with Gasteiger partial charge in [-0.15, -0.1) is 11.3 Å². The van der Waals surface area contributed by atoms with Gasteiger partial charge in [-0.3, -0.25) is 4.79 Å². The zero-order valence-electron chi connectivity index (χ0n) is 9.56. The Labute approximate surface area is 110 Å². The SMILES string of the molecule is O=C(c1ccc(Cl)s1)N(CCO)C1CCCC1. The molecule has 1 aliphatic rings. The van der Waals surface area contributed by atoms with Crippen molar-refractivity contribution in [2.75, 3.05) is 13.2 Å². The number of carbonyl (C=O) groups excluding carboxylic acids is 1. The van der Waals surface area contributed by atoms with Crippen LogP contribution in [0.15, 0.2) is 12.1 Å². The van der Waals surface area contributed by atoms with Gasteiger partial charge in [-0.25, -0.2) is 0 Å². The van der Waals surface area contributed by atoms with Crippen LogP contribution < -0.4 is 0 Å². The van der Waals surface area contributed by atoms with Gasteiger partial charge in [0.2, 0.25) is 0 Å². The minimum atomic E-state index is 0.00264. The van der Waals surface area contributed by atoms with Crippen LogP contribution in [0.25, 0.3) is 0 Å². The number of aliphatic hydroxyl groups is 1. The van der Waals surface area contributed by atoms with Crippen LogP contribution in [0.5, 0.6) is 0 Å². The van der Waals surface area contributed by atoms with Crippen molar-refractivity contribution in [1.29, 1.82) is 0 Å². The van der Waals surface area contributed by atoms with Gasteiger partial charge in [-0.05, 0) is 25.0 Å². The van der Waals surface area contributed by atoms with E-state index in [1.54, 1.807) is 17.0 Å². The third-order valence-electron chi connectivity index (χ3n) is 3.15. The molecule has 0 aliphatic heterocycles. The first kappa shape index (κ1) is 12.9. The van der Waals surface area contributed by atoms with E-state index in [2.05, 4.69) is 0 Å². The van der Waals surface area contributed by atoms with Gasteiger partial charge in [0.05, 0.1) is 15.8 Å². The van der Waals surface area contributed by atoms with Gasteiger partial charge in [0.25, 0.3) is 5.91 Å². The highest BCUT2D eigenvalue weighted by atomic mass is 35.5. The first-order chi connectivity index (χ1) is 8.22. The number of rotatable bonds is 4. The summed E-state index contributed by atoms with van der Waals surface area (Å²) >= 11 is 7.15. The van der Waals surface area contributed by atoms with Crippen molar-refractivity contribution in [3.8, 4) is 0 Å². The van der Waals surface area contributed by atoms with Gasteiger partial charge in [0.1, 0.15) is 0 Å². The second-order valence-electron chi connectivity index (χ2n) is 4.26. The van der Waals surface area contributed by atoms with Crippen molar-refractivity contribution in [1.82, 2.24) is 4.90 Å². The average molecular weight is 274 g/mol. The largest absolute Gasteiger partial charge is 0.395 e. The van der Waals surface area contributed by atoms with Crippen molar-refractivity contribution in [3.05, 3.63) is 21.3 Å². The number of hydrogen-bond acceptors (Lipinski definition) is 3. The van der Waals surface area contributed by atoms with Gasteiger partial charge in [-0.1, -0.05) is 24.4 Å². The molecule has 3 nitrogen and oxygen atoms in total. The number of thiophene rings is 1. The molecule has 0 atom stereocenters. The smallest absolute Gasteiger partial charge is 0.264 e. The molecule has 5 heteroatoms. The fourth-order valence-electron chi connectivity index (χ4n) is 2.34. The molecule has 0 unspecified atom stereocenters. The van der Waals surface area contributed by atoms with Crippen LogP contribution >= 0.6 is 22.9 Å². The molecule has 0 saturated heterocycles. The molecular formula is C12H16ClNO2S. The fraction of sp³-hybridized carbons (Fsp3) is 0.583. The van der Waals surface area contributed by atoms with E-state index in [1.807, 2.05) is 0 Å². The van der Waals surface area contributed by atoms with E-state index >= 15 is 0 Å². The maximum atomic E-state index is 12.3. The van der Waals surface area contributed by atoms with Gasteiger partial charge >= 0.3 is 0 Å². The van der Waals surface area contributed by atoms with Crippen molar-refractivity contribution in [2.24, 2.45) is 0 Å². The molecule has 1 aliphatic carbocycles. The summed E-state index contributed by atoms with van der Waals surface area (Å²) in [5.41, 5.74) is 0. The lowest BCUT2D eigenvalue weighted by Gasteiger charge is -2.27. The van der Waals surface area contributed by atoms with Gasteiger partial charge < -0.3 is 10.0 Å². The summed E-state index contributed by atoms with van der Waals surface area (Å²) in [7, 11) is 0. The maximum Gasteiger partial charge on any atom is 0.264 e. The Kier molecular flexibility index (Phi) is 4.42. The van der Waals surface area contributed by atoms with Crippen LogP contribution in [0.4, 0.5) is 0 Å². The van der Waals surface area contributed by atoms with E-state index in [0.29, 0.717) is 15.8 Å². The van der Waals surface area contributed by atoms with Crippen LogP contribution in [-0.4, -0.2) is 35.1 Å². The minimum Gasteiger partial charge on any atom is -0.395 e. The summed E-state index contributed by atoms with van der Waals surface area (Å²) in [4.78, 5) is 14.8. The van der Waals surface area contributed by atoms with E-state index in [4.69, 9.17) is 16.7 Å². The Morgan fingerprint density at radius 3 is 2.71 bits per heavy atom. The minimum absolute atomic E-state index is 0.00264. The summed E-state index contributed by atoms with van der Waals surface area (Å²) in [6.07, 6.45) is 4.44. The topological polar surface area (TPSA) is 40.5 Å². The predicted molar refractivity (Wildman–Crippen MR) is 69.7 cm³/mol. The van der Waals surface area contributed by atoms with Crippen LogP contribution in [0.2, 0.25) is 4.34 Å². The predicted octanol–water partition coefficient (Wildman–Crippen LogP) is 2.78. The third-order valence-corrected chi connectivity index (χ3v) is 4.37. The summed E-state index contributed by atoms with van der Waals surface area (Å²) in [6.45, 7) is 0.431. The fourth-order valence-corrected chi connectivity index (χ4v) is 3.34. The molecule has 94 valence electrons. The third kappa shape index (κ3) is 3.00. The monoisotopic (exact) mass is 273 g/mol. The zero-order valence-corrected chi connectivity index (χ0v) is 11.1. The molecule has 0 spiro atoms. The highest BCUT2D eigenvalue weighted by molar-refractivity contribution is 7.17. The normalized spacial score (nSPS) is 16.4. The number of carbonyl (C=O) groups is 1. The molecular weight excluding hydrogens is 258 g/mol. The standard InChI is InChI=1S/C12H16ClNO2S/c13-11-6-5-10(17-11)12(16)14(7-8-15)9-3-1-2-4-9/h5-6,9,15H,1-4,7-8H2. The Balaban J connectivity index is 2.12. The molecule has 1 fully saturated rings. The summed E-state index contributed by atoms with van der Waals surface area (Å²) < 4.78 is 0.628. The molecule has 1 saturated carbocycles. The highest BCUT2D eigenvalue weighted by Crippen LogP contribution is 2.28. The Morgan fingerprint density at radius 2 is 2.18 bits per heavy atom. The molecule has 1 amide bonds. The van der Waals surface area contributed by atoms with Gasteiger partial charge in [-0.2, -0.15) is 0 Å². The quantitative estimate of drug-likeness (QED) is 0.916. The van der Waals surface area contributed by atoms with Crippen molar-refractivity contribution >= 4 is 28.8 Å². The lowest BCUT2D eigenvalue weighted by Crippen LogP contribution is -2.40. The molecule has 1 N–H and O–H groups in total. The zero-order chi connectivity index (χ0) is 12.3. The van der Waals surface area contributed by atoms with Crippen LogP contribution in [0.3, 0.4) is 0 Å². The van der Waals surface area contributed by atoms with Crippen molar-refractivity contribution < 1.29 is 9.90 Å². The lowest BCUT2D eigenvalue weighted by atomic mass is 10.2. The van der Waals surface area contributed by atoms with Crippen LogP contribution in [0, 0.1) is 0 Å². The van der Waals surface area contributed by atoms with E-state index in [9.17, 15) is 4.79 Å². The van der Waals surface area contributed by atoms with Gasteiger partial charge in [0, 0.05) is 12.6 Å². The molecule has 1 aromatic heterocycles. The summed E-state index contributed by atoms with van der Waals surface area (Å²) in [5.74, 6) is 0.00264. The number of amides is 1. The lowest BCUT2D eigenvalue weighted by molar-refractivity contribution is 0.0643. The number of aliphatic hydroxyl groups excluding tert-OH is 1. The molecule has 17 heavy (non-hydrogen) atoms. The first-order valence-electron chi connectivity index (χ1n) is 5.89. The van der Waals surface area contributed by atoms with Crippen molar-refractivity contribution in [2.45, 2.75) is 31.7 Å². The van der Waals surface area contributed by atoms with E-state index < -0.39 is 0 Å². The van der Waals surface area contributed by atoms with Crippen LogP contribution in [0.1, 0.15) is 35.4 Å². The van der Waals surface area contributed by atoms with Gasteiger partial charge in [0.15, 0.2) is 0 Å². The van der Waals surface area contributed by atoms with E-state index in [-0.39, 0.29) is 18.6 Å². The van der Waals surface area contributed by atoms with E-state index in [1.165, 1.54) is 24.2 Å².